The molecule has 2 heterocycles. The van der Waals surface area contributed by atoms with E-state index in [0.29, 0.717) is 61.8 Å². The average Bonchev–Trinajstić information content (AvgIpc) is 2.87. The summed E-state index contributed by atoms with van der Waals surface area (Å²) in [5.41, 5.74) is 1.34. The van der Waals surface area contributed by atoms with Crippen molar-refractivity contribution in [1.29, 1.82) is 0 Å². The van der Waals surface area contributed by atoms with Crippen LogP contribution in [-0.4, -0.2) is 93.1 Å². The number of piperidine rings is 1. The predicted molar refractivity (Wildman–Crippen MR) is 144 cm³/mol. The van der Waals surface area contributed by atoms with E-state index in [1.807, 2.05) is 4.90 Å². The molecule has 0 spiro atoms. The number of nitrogens with one attached hydrogen (secondary N) is 1. The molecular weight excluding hydrogens is 519 g/mol. The van der Waals surface area contributed by atoms with Crippen molar-refractivity contribution in [3.8, 4) is 0 Å². The Hall–Kier alpha value is -2.67. The fourth-order valence-corrected chi connectivity index (χ4v) is 6.22. The highest BCUT2D eigenvalue weighted by Gasteiger charge is 2.29. The topological polar surface area (TPSA) is 110 Å². The largest absolute Gasteiger partial charge is 0.391 e. The maximum atomic E-state index is 14.7. The van der Waals surface area contributed by atoms with Crippen LogP contribution in [-0.2, 0) is 19.5 Å². The molecule has 9 nitrogen and oxygen atoms in total. The third-order valence-electron chi connectivity index (χ3n) is 6.90. The Morgan fingerprint density at radius 3 is 2.24 bits per heavy atom. The lowest BCUT2D eigenvalue weighted by molar-refractivity contribution is 0.0746. The molecule has 2 saturated heterocycles. The number of β-amino-alcohol motifs (C(OH)–C–C–N with tert-alkyl or cyclic N) is 1. The number of carbonyl (C=O) groups is 1. The second-order valence-electron chi connectivity index (χ2n) is 9.47. The van der Waals surface area contributed by atoms with Crippen molar-refractivity contribution in [1.82, 2.24) is 9.62 Å². The van der Waals surface area contributed by atoms with E-state index < -0.39 is 31.5 Å². The van der Waals surface area contributed by atoms with Gasteiger partial charge in [0.05, 0.1) is 32.0 Å². The molecule has 2 aromatic rings. The standard InChI is InChI=1S/C25H33FN4O5S2/c1-27-36(2,33)19-6-8-23(30-10-4-5-18(31)17-30)21(15-19)25(32)29-13-11-28(12-14-29)24-9-7-20(16-22(24)26)37(3,34)35/h6-9,15-16,18,31H,2,4-5,10-14,17H2,1,3H3,(H,27,33). The van der Waals surface area contributed by atoms with Gasteiger partial charge in [0.25, 0.3) is 5.91 Å². The summed E-state index contributed by atoms with van der Waals surface area (Å²) < 4.78 is 53.8. The van der Waals surface area contributed by atoms with E-state index in [1.165, 1.54) is 12.1 Å². The van der Waals surface area contributed by atoms with Gasteiger partial charge in [-0.15, -0.1) is 0 Å². The number of anilines is 2. The number of rotatable bonds is 6. The SMILES string of the molecule is C=S(=O)(NC)c1ccc(N2CCCC(O)C2)c(C(=O)N2CCN(c3ccc(S(C)(=O)=O)cc3F)CC2)c1. The van der Waals surface area contributed by atoms with Gasteiger partial charge in [0.15, 0.2) is 9.84 Å². The highest BCUT2D eigenvalue weighted by Crippen LogP contribution is 2.29. The van der Waals surface area contributed by atoms with Crippen LogP contribution in [0.15, 0.2) is 46.2 Å². The molecule has 12 heteroatoms. The van der Waals surface area contributed by atoms with E-state index in [1.54, 1.807) is 35.0 Å². The molecule has 2 atom stereocenters. The van der Waals surface area contributed by atoms with Gasteiger partial charge >= 0.3 is 0 Å². The second kappa shape index (κ2) is 10.6. The zero-order valence-electron chi connectivity index (χ0n) is 21.0. The van der Waals surface area contributed by atoms with Crippen LogP contribution in [0.25, 0.3) is 0 Å². The van der Waals surface area contributed by atoms with Gasteiger partial charge in [-0.1, -0.05) is 0 Å². The summed E-state index contributed by atoms with van der Waals surface area (Å²) >= 11 is 0. The summed E-state index contributed by atoms with van der Waals surface area (Å²) in [6.07, 6.45) is 2.04. The number of aliphatic hydroxyl groups is 1. The average molecular weight is 553 g/mol. The van der Waals surface area contributed by atoms with Gasteiger partial charge in [-0.3, -0.25) is 4.79 Å². The van der Waals surface area contributed by atoms with Gasteiger partial charge < -0.3 is 19.8 Å². The first-order valence-electron chi connectivity index (χ1n) is 12.1. The lowest BCUT2D eigenvalue weighted by Gasteiger charge is -2.38. The molecule has 0 bridgehead atoms. The maximum absolute atomic E-state index is 14.7. The molecule has 2 aliphatic heterocycles. The summed E-state index contributed by atoms with van der Waals surface area (Å²) in [5.74, 6) is 2.89. The number of hydrogen-bond donors (Lipinski definition) is 2. The summed E-state index contributed by atoms with van der Waals surface area (Å²) in [6, 6.07) is 8.92. The first kappa shape index (κ1) is 27.4. The van der Waals surface area contributed by atoms with Gasteiger partial charge in [-0.25, -0.2) is 21.7 Å². The highest BCUT2D eigenvalue weighted by atomic mass is 32.2. The van der Waals surface area contributed by atoms with Crippen molar-refractivity contribution in [2.45, 2.75) is 28.7 Å². The molecule has 0 radical (unpaired) electrons. The van der Waals surface area contributed by atoms with E-state index in [-0.39, 0.29) is 16.5 Å². The maximum Gasteiger partial charge on any atom is 0.256 e. The number of aliphatic hydroxyl groups excluding tert-OH is 1. The Kier molecular flexibility index (Phi) is 7.84. The van der Waals surface area contributed by atoms with Gasteiger partial charge in [0, 0.05) is 56.1 Å². The smallest absolute Gasteiger partial charge is 0.256 e. The number of benzene rings is 2. The van der Waals surface area contributed by atoms with Crippen molar-refractivity contribution in [2.75, 3.05) is 62.4 Å². The summed E-state index contributed by atoms with van der Waals surface area (Å²) in [7, 11) is -4.76. The van der Waals surface area contributed by atoms with Crippen LogP contribution < -0.4 is 14.5 Å². The minimum absolute atomic E-state index is 0.0821. The summed E-state index contributed by atoms with van der Waals surface area (Å²) in [6.45, 7) is 2.47. The van der Waals surface area contributed by atoms with E-state index in [9.17, 15) is 26.9 Å². The minimum atomic E-state index is -3.52. The second-order valence-corrected chi connectivity index (χ2v) is 13.7. The lowest BCUT2D eigenvalue weighted by Crippen LogP contribution is -2.49. The molecule has 2 aliphatic rings. The molecular formula is C25H33FN4O5S2. The molecule has 2 aromatic carbocycles. The predicted octanol–water partition coefficient (Wildman–Crippen LogP) is 1.36. The monoisotopic (exact) mass is 552 g/mol. The number of piperazine rings is 1. The van der Waals surface area contributed by atoms with Crippen LogP contribution >= 0.6 is 0 Å². The Labute approximate surface area is 217 Å². The van der Waals surface area contributed by atoms with Gasteiger partial charge in [0.2, 0.25) is 0 Å². The van der Waals surface area contributed by atoms with Crippen molar-refractivity contribution in [3.63, 3.8) is 0 Å². The van der Waals surface area contributed by atoms with E-state index in [4.69, 9.17) is 0 Å². The zero-order chi connectivity index (χ0) is 27.0. The molecule has 2 fully saturated rings. The van der Waals surface area contributed by atoms with Crippen LogP contribution in [0.4, 0.5) is 15.8 Å². The number of sulfone groups is 1. The van der Waals surface area contributed by atoms with E-state index in [0.717, 1.165) is 18.7 Å². The van der Waals surface area contributed by atoms with Gasteiger partial charge in [-0.05, 0) is 62.2 Å². The van der Waals surface area contributed by atoms with Crippen LogP contribution in [0.3, 0.4) is 0 Å². The van der Waals surface area contributed by atoms with Gasteiger partial charge in [-0.2, -0.15) is 0 Å². The molecule has 0 saturated carbocycles. The lowest BCUT2D eigenvalue weighted by atomic mass is 10.0. The number of amides is 1. The van der Waals surface area contributed by atoms with Crippen molar-refractivity contribution in [3.05, 3.63) is 47.8 Å². The minimum Gasteiger partial charge on any atom is -0.391 e. The van der Waals surface area contributed by atoms with Crippen LogP contribution in [0.2, 0.25) is 0 Å². The molecule has 0 aromatic heterocycles. The van der Waals surface area contributed by atoms with Crippen LogP contribution in [0.1, 0.15) is 23.2 Å². The molecule has 0 aliphatic carbocycles. The van der Waals surface area contributed by atoms with Gasteiger partial charge in [0.1, 0.15) is 5.82 Å². The Bertz CT molecular complexity index is 1390. The number of halogens is 1. The molecule has 2 unspecified atom stereocenters. The number of carbonyl (C=O) groups excluding carboxylic acids is 1. The Balaban J connectivity index is 1.57. The Morgan fingerprint density at radius 2 is 1.65 bits per heavy atom. The summed E-state index contributed by atoms with van der Waals surface area (Å²) in [5, 5.41) is 10.2. The van der Waals surface area contributed by atoms with E-state index >= 15 is 0 Å². The van der Waals surface area contributed by atoms with Crippen LogP contribution in [0.5, 0.6) is 0 Å². The quantitative estimate of drug-likeness (QED) is 0.521. The molecule has 1 amide bonds. The molecule has 2 N–H and O–H groups in total. The molecule has 202 valence electrons. The zero-order valence-corrected chi connectivity index (χ0v) is 22.7. The fourth-order valence-electron chi connectivity index (χ4n) is 4.75. The highest BCUT2D eigenvalue weighted by molar-refractivity contribution is 7.98. The first-order valence-corrected chi connectivity index (χ1v) is 15.7. The fraction of sp³-hybridized carbons (Fsp3) is 0.440. The van der Waals surface area contributed by atoms with Crippen LogP contribution in [0, 0.1) is 5.82 Å². The first-order chi connectivity index (χ1) is 17.4. The number of hydrogen-bond acceptors (Lipinski definition) is 7. The Morgan fingerprint density at radius 1 is 1.00 bits per heavy atom. The van der Waals surface area contributed by atoms with Crippen molar-refractivity contribution >= 4 is 42.7 Å². The molecule has 37 heavy (non-hydrogen) atoms. The van der Waals surface area contributed by atoms with Crippen molar-refractivity contribution < 1.29 is 26.9 Å². The van der Waals surface area contributed by atoms with Crippen molar-refractivity contribution in [2.24, 2.45) is 0 Å². The number of nitrogens with zero attached hydrogens (tertiary/aromatic N) is 3. The third-order valence-corrected chi connectivity index (χ3v) is 9.69. The third kappa shape index (κ3) is 5.92. The molecule has 4 rings (SSSR count). The summed E-state index contributed by atoms with van der Waals surface area (Å²) in [4.78, 5) is 19.5. The van der Waals surface area contributed by atoms with E-state index in [2.05, 4.69) is 10.6 Å². The normalized spacial score (nSPS) is 20.5.